The zero-order chi connectivity index (χ0) is 20.6. The molecule has 0 spiro atoms. The number of benzene rings is 2. The summed E-state index contributed by atoms with van der Waals surface area (Å²) in [7, 11) is 3.26. The predicted octanol–water partition coefficient (Wildman–Crippen LogP) is 3.62. The van der Waals surface area contributed by atoms with Crippen LogP contribution >= 0.6 is 0 Å². The average molecular weight is 398 g/mol. The fourth-order valence-electron chi connectivity index (χ4n) is 3.16. The fourth-order valence-corrected chi connectivity index (χ4v) is 3.16. The molecule has 29 heavy (non-hydrogen) atoms. The standard InChI is InChI=1S/C22H27FN4O2/c1-4-24-22(27-14-16-5-7-18(28-2)12-21(16)29-3)25-10-9-15-13-26-20-8-6-17(23)11-19(15)20/h5-8,11-13,26H,4,9-10,14H2,1-3H3,(H2,24,25,27). The molecule has 1 aromatic heterocycles. The van der Waals surface area contributed by atoms with Gasteiger partial charge in [0.2, 0.25) is 0 Å². The second kappa shape index (κ2) is 9.82. The molecule has 0 amide bonds. The van der Waals surface area contributed by atoms with Gasteiger partial charge in [0.1, 0.15) is 17.3 Å². The molecule has 7 heteroatoms. The molecule has 0 radical (unpaired) electrons. The van der Waals surface area contributed by atoms with E-state index in [0.29, 0.717) is 13.1 Å². The van der Waals surface area contributed by atoms with Crippen molar-refractivity contribution in [3.63, 3.8) is 0 Å². The number of rotatable bonds is 8. The first kappa shape index (κ1) is 20.5. The Hall–Kier alpha value is -3.22. The fraction of sp³-hybridized carbons (Fsp3) is 0.318. The molecule has 3 N–H and O–H groups in total. The van der Waals surface area contributed by atoms with Crippen LogP contribution in [-0.4, -0.2) is 38.3 Å². The Morgan fingerprint density at radius 2 is 1.93 bits per heavy atom. The van der Waals surface area contributed by atoms with Crippen LogP contribution in [0.1, 0.15) is 18.1 Å². The van der Waals surface area contributed by atoms with E-state index in [1.54, 1.807) is 26.4 Å². The summed E-state index contributed by atoms with van der Waals surface area (Å²) < 4.78 is 24.2. The van der Waals surface area contributed by atoms with Gasteiger partial charge in [-0.15, -0.1) is 0 Å². The number of aromatic amines is 1. The van der Waals surface area contributed by atoms with Crippen LogP contribution in [0.25, 0.3) is 10.9 Å². The number of nitrogens with one attached hydrogen (secondary N) is 3. The lowest BCUT2D eigenvalue weighted by atomic mass is 10.1. The number of aliphatic imine (C=N–C) groups is 1. The van der Waals surface area contributed by atoms with Crippen molar-refractivity contribution in [2.24, 2.45) is 4.99 Å². The highest BCUT2D eigenvalue weighted by Crippen LogP contribution is 2.25. The molecular weight excluding hydrogens is 371 g/mol. The monoisotopic (exact) mass is 398 g/mol. The summed E-state index contributed by atoms with van der Waals surface area (Å²) in [6, 6.07) is 10.5. The van der Waals surface area contributed by atoms with Crippen molar-refractivity contribution in [2.75, 3.05) is 27.3 Å². The van der Waals surface area contributed by atoms with Crippen LogP contribution in [0.4, 0.5) is 4.39 Å². The van der Waals surface area contributed by atoms with Crippen LogP contribution in [0, 0.1) is 5.82 Å². The van der Waals surface area contributed by atoms with Crippen LogP contribution in [0.15, 0.2) is 47.6 Å². The molecule has 3 aromatic rings. The zero-order valence-corrected chi connectivity index (χ0v) is 17.0. The molecule has 0 aliphatic heterocycles. The highest BCUT2D eigenvalue weighted by atomic mass is 19.1. The first-order valence-corrected chi connectivity index (χ1v) is 9.63. The van der Waals surface area contributed by atoms with Crippen LogP contribution in [0.3, 0.4) is 0 Å². The van der Waals surface area contributed by atoms with Crippen LogP contribution in [-0.2, 0) is 13.0 Å². The normalized spacial score (nSPS) is 11.5. The van der Waals surface area contributed by atoms with E-state index in [2.05, 4.69) is 20.6 Å². The molecule has 6 nitrogen and oxygen atoms in total. The van der Waals surface area contributed by atoms with E-state index in [-0.39, 0.29) is 5.82 Å². The third-order valence-corrected chi connectivity index (χ3v) is 4.66. The minimum Gasteiger partial charge on any atom is -0.497 e. The predicted molar refractivity (Wildman–Crippen MR) is 114 cm³/mol. The van der Waals surface area contributed by atoms with Crippen molar-refractivity contribution in [1.29, 1.82) is 0 Å². The smallest absolute Gasteiger partial charge is 0.191 e. The van der Waals surface area contributed by atoms with Gasteiger partial charge in [-0.3, -0.25) is 0 Å². The van der Waals surface area contributed by atoms with Crippen molar-refractivity contribution in [3.8, 4) is 11.5 Å². The molecule has 0 saturated carbocycles. The van der Waals surface area contributed by atoms with Crippen molar-refractivity contribution in [2.45, 2.75) is 19.9 Å². The quantitative estimate of drug-likeness (QED) is 0.400. The van der Waals surface area contributed by atoms with Gasteiger partial charge in [0, 0.05) is 41.8 Å². The second-order valence-electron chi connectivity index (χ2n) is 6.55. The SMILES string of the molecule is CCNC(=NCc1ccc(OC)cc1OC)NCCc1c[nH]c2ccc(F)cc12. The number of nitrogens with zero attached hydrogens (tertiary/aromatic N) is 1. The van der Waals surface area contributed by atoms with Crippen molar-refractivity contribution in [3.05, 3.63) is 59.5 Å². The summed E-state index contributed by atoms with van der Waals surface area (Å²) in [5.74, 6) is 1.98. The van der Waals surface area contributed by atoms with Gasteiger partial charge in [0.05, 0.1) is 20.8 Å². The average Bonchev–Trinajstić information content (AvgIpc) is 3.13. The van der Waals surface area contributed by atoms with E-state index in [1.807, 2.05) is 31.3 Å². The maximum Gasteiger partial charge on any atom is 0.191 e. The number of aromatic nitrogens is 1. The highest BCUT2D eigenvalue weighted by molar-refractivity contribution is 5.83. The molecule has 0 fully saturated rings. The molecule has 3 rings (SSSR count). The van der Waals surface area contributed by atoms with Gasteiger partial charge in [-0.25, -0.2) is 9.38 Å². The first-order chi connectivity index (χ1) is 14.1. The molecule has 2 aromatic carbocycles. The molecule has 0 bridgehead atoms. The third-order valence-electron chi connectivity index (χ3n) is 4.66. The molecular formula is C22H27FN4O2. The van der Waals surface area contributed by atoms with E-state index in [0.717, 1.165) is 52.5 Å². The van der Waals surface area contributed by atoms with Gasteiger partial charge >= 0.3 is 0 Å². The molecule has 0 aliphatic carbocycles. The number of hydrogen-bond donors (Lipinski definition) is 3. The van der Waals surface area contributed by atoms with Crippen LogP contribution < -0.4 is 20.1 Å². The Kier molecular flexibility index (Phi) is 6.94. The molecule has 1 heterocycles. The largest absolute Gasteiger partial charge is 0.497 e. The Bertz CT molecular complexity index is 984. The van der Waals surface area contributed by atoms with Gasteiger partial charge in [-0.05, 0) is 49.2 Å². The topological polar surface area (TPSA) is 70.7 Å². The summed E-state index contributed by atoms with van der Waals surface area (Å²) in [6.45, 7) is 3.92. The molecule has 0 saturated heterocycles. The summed E-state index contributed by atoms with van der Waals surface area (Å²) >= 11 is 0. The zero-order valence-electron chi connectivity index (χ0n) is 17.0. The van der Waals surface area contributed by atoms with Crippen LogP contribution in [0.2, 0.25) is 0 Å². The summed E-state index contributed by atoms with van der Waals surface area (Å²) in [5.41, 5.74) is 2.98. The minimum absolute atomic E-state index is 0.227. The van der Waals surface area contributed by atoms with E-state index in [9.17, 15) is 4.39 Å². The number of halogens is 1. The Morgan fingerprint density at radius 1 is 1.07 bits per heavy atom. The molecule has 0 unspecified atom stereocenters. The van der Waals surface area contributed by atoms with Crippen molar-refractivity contribution < 1.29 is 13.9 Å². The number of H-pyrrole nitrogens is 1. The Balaban J connectivity index is 1.64. The number of hydrogen-bond acceptors (Lipinski definition) is 3. The maximum absolute atomic E-state index is 13.5. The lowest BCUT2D eigenvalue weighted by Crippen LogP contribution is -2.38. The van der Waals surface area contributed by atoms with Gasteiger partial charge in [-0.1, -0.05) is 0 Å². The lowest BCUT2D eigenvalue weighted by Gasteiger charge is -2.12. The minimum atomic E-state index is -0.227. The molecule has 0 aliphatic rings. The van der Waals surface area contributed by atoms with Gasteiger partial charge in [0.25, 0.3) is 0 Å². The number of methoxy groups -OCH3 is 2. The van der Waals surface area contributed by atoms with E-state index < -0.39 is 0 Å². The lowest BCUT2D eigenvalue weighted by molar-refractivity contribution is 0.391. The molecule has 0 atom stereocenters. The Labute approximate surface area is 170 Å². The number of guanidine groups is 1. The second-order valence-corrected chi connectivity index (χ2v) is 6.55. The first-order valence-electron chi connectivity index (χ1n) is 9.63. The van der Waals surface area contributed by atoms with Crippen molar-refractivity contribution >= 4 is 16.9 Å². The van der Waals surface area contributed by atoms with Crippen LogP contribution in [0.5, 0.6) is 11.5 Å². The molecule has 154 valence electrons. The van der Waals surface area contributed by atoms with Gasteiger partial charge < -0.3 is 25.1 Å². The van der Waals surface area contributed by atoms with E-state index >= 15 is 0 Å². The van der Waals surface area contributed by atoms with E-state index in [1.165, 1.54) is 6.07 Å². The highest BCUT2D eigenvalue weighted by Gasteiger charge is 2.07. The Morgan fingerprint density at radius 3 is 2.69 bits per heavy atom. The van der Waals surface area contributed by atoms with E-state index in [4.69, 9.17) is 9.47 Å². The summed E-state index contributed by atoms with van der Waals surface area (Å²) in [6.07, 6.45) is 2.68. The van der Waals surface area contributed by atoms with Gasteiger partial charge in [-0.2, -0.15) is 0 Å². The summed E-state index contributed by atoms with van der Waals surface area (Å²) in [4.78, 5) is 7.83. The third kappa shape index (κ3) is 5.19. The number of ether oxygens (including phenoxy) is 2. The van der Waals surface area contributed by atoms with Gasteiger partial charge in [0.15, 0.2) is 5.96 Å². The summed E-state index contributed by atoms with van der Waals surface area (Å²) in [5, 5.41) is 7.49. The van der Waals surface area contributed by atoms with Crippen molar-refractivity contribution in [1.82, 2.24) is 15.6 Å². The maximum atomic E-state index is 13.5. The number of fused-ring (bicyclic) bond motifs is 1.